The summed E-state index contributed by atoms with van der Waals surface area (Å²) in [6.07, 6.45) is 7.88. The zero-order valence-corrected chi connectivity index (χ0v) is 8.82. The van der Waals surface area contributed by atoms with E-state index in [9.17, 15) is 0 Å². The molecule has 0 radical (unpaired) electrons. The van der Waals surface area contributed by atoms with Gasteiger partial charge in [-0.25, -0.2) is 0 Å². The maximum Gasteiger partial charge on any atom is 0.0320 e. The molecule has 0 N–H and O–H groups in total. The van der Waals surface area contributed by atoms with E-state index >= 15 is 0 Å². The highest BCUT2D eigenvalue weighted by Gasteiger charge is 2.17. The first-order valence-electron chi connectivity index (χ1n) is 5.52. The second-order valence-corrected chi connectivity index (χ2v) is 4.05. The van der Waals surface area contributed by atoms with Gasteiger partial charge in [0.15, 0.2) is 0 Å². The Bertz CT molecular complexity index is 265. The Morgan fingerprint density at radius 1 is 1.14 bits per heavy atom. The predicted molar refractivity (Wildman–Crippen MR) is 58.1 cm³/mol. The Kier molecular flexibility index (Phi) is 3.14. The Balaban J connectivity index is 2.03. The lowest BCUT2D eigenvalue weighted by Gasteiger charge is -2.32. The Morgan fingerprint density at radius 3 is 2.43 bits per heavy atom. The van der Waals surface area contributed by atoms with Crippen molar-refractivity contribution < 1.29 is 0 Å². The number of piperidine rings is 1. The van der Waals surface area contributed by atoms with Gasteiger partial charge < -0.3 is 0 Å². The lowest BCUT2D eigenvalue weighted by molar-refractivity contribution is 0.175. The lowest BCUT2D eigenvalue weighted by atomic mass is 10.0. The summed E-state index contributed by atoms with van der Waals surface area (Å²) in [5.74, 6) is 0. The van der Waals surface area contributed by atoms with Crippen LogP contribution in [0.3, 0.4) is 0 Å². The molecule has 1 aliphatic heterocycles. The van der Waals surface area contributed by atoms with E-state index in [0.717, 1.165) is 0 Å². The van der Waals surface area contributed by atoms with Gasteiger partial charge in [0.2, 0.25) is 0 Å². The van der Waals surface area contributed by atoms with Crippen LogP contribution in [0.2, 0.25) is 0 Å². The minimum Gasteiger partial charge on any atom is -0.297 e. The average Bonchev–Trinajstić information content (AvgIpc) is 2.30. The molecule has 0 aliphatic carbocycles. The molecule has 2 rings (SSSR count). The largest absolute Gasteiger partial charge is 0.297 e. The third kappa shape index (κ3) is 2.13. The van der Waals surface area contributed by atoms with Gasteiger partial charge in [0.05, 0.1) is 0 Å². The first-order valence-corrected chi connectivity index (χ1v) is 5.52. The molecule has 1 saturated heterocycles. The van der Waals surface area contributed by atoms with E-state index in [0.29, 0.717) is 6.04 Å². The summed E-state index contributed by atoms with van der Waals surface area (Å²) in [6.45, 7) is 4.80. The van der Waals surface area contributed by atoms with Crippen LogP contribution >= 0.6 is 0 Å². The van der Waals surface area contributed by atoms with Crippen LogP contribution in [-0.4, -0.2) is 23.0 Å². The van der Waals surface area contributed by atoms with Crippen molar-refractivity contribution in [3.05, 3.63) is 30.1 Å². The molecule has 2 nitrogen and oxygen atoms in total. The molecule has 0 spiro atoms. The van der Waals surface area contributed by atoms with Gasteiger partial charge in [-0.3, -0.25) is 9.88 Å². The van der Waals surface area contributed by atoms with Gasteiger partial charge in [-0.05, 0) is 50.6 Å². The van der Waals surface area contributed by atoms with Gasteiger partial charge in [0.1, 0.15) is 0 Å². The normalized spacial score (nSPS) is 20.6. The molecule has 1 fully saturated rings. The predicted octanol–water partition coefficient (Wildman–Crippen LogP) is 2.63. The second-order valence-electron chi connectivity index (χ2n) is 4.05. The maximum atomic E-state index is 4.05. The number of hydrogen-bond donors (Lipinski definition) is 0. The van der Waals surface area contributed by atoms with Crippen LogP contribution in [0.15, 0.2) is 24.5 Å². The van der Waals surface area contributed by atoms with Crippen molar-refractivity contribution in [3.8, 4) is 0 Å². The Labute approximate surface area is 86.0 Å². The molecular weight excluding hydrogens is 172 g/mol. The number of rotatable bonds is 2. The SMILES string of the molecule is CC(c1ccncc1)N1CCCCC1. The third-order valence-corrected chi connectivity index (χ3v) is 3.13. The highest BCUT2D eigenvalue weighted by Crippen LogP contribution is 2.23. The van der Waals surface area contributed by atoms with Gasteiger partial charge >= 0.3 is 0 Å². The summed E-state index contributed by atoms with van der Waals surface area (Å²) in [5.41, 5.74) is 1.39. The van der Waals surface area contributed by atoms with E-state index in [1.807, 2.05) is 12.4 Å². The first kappa shape index (κ1) is 9.66. The molecule has 0 bridgehead atoms. The molecule has 0 amide bonds. The van der Waals surface area contributed by atoms with E-state index in [4.69, 9.17) is 0 Å². The molecule has 1 aliphatic rings. The van der Waals surface area contributed by atoms with Gasteiger partial charge in [-0.2, -0.15) is 0 Å². The zero-order chi connectivity index (χ0) is 9.80. The minimum atomic E-state index is 0.554. The molecule has 2 heterocycles. The van der Waals surface area contributed by atoms with Crippen LogP contribution in [-0.2, 0) is 0 Å². The van der Waals surface area contributed by atoms with Crippen molar-refractivity contribution in [2.45, 2.75) is 32.2 Å². The maximum absolute atomic E-state index is 4.05. The molecule has 0 saturated carbocycles. The van der Waals surface area contributed by atoms with E-state index in [2.05, 4.69) is 28.9 Å². The summed E-state index contributed by atoms with van der Waals surface area (Å²) >= 11 is 0. The molecule has 2 heteroatoms. The van der Waals surface area contributed by atoms with Crippen LogP contribution in [0.1, 0.15) is 37.8 Å². The number of nitrogens with zero attached hydrogens (tertiary/aromatic N) is 2. The Morgan fingerprint density at radius 2 is 1.79 bits per heavy atom. The van der Waals surface area contributed by atoms with Crippen molar-refractivity contribution in [1.82, 2.24) is 9.88 Å². The molecule has 0 aromatic carbocycles. The minimum absolute atomic E-state index is 0.554. The van der Waals surface area contributed by atoms with Gasteiger partial charge in [-0.1, -0.05) is 6.42 Å². The highest BCUT2D eigenvalue weighted by molar-refractivity contribution is 5.14. The van der Waals surface area contributed by atoms with Crippen molar-refractivity contribution in [2.75, 3.05) is 13.1 Å². The topological polar surface area (TPSA) is 16.1 Å². The van der Waals surface area contributed by atoms with Gasteiger partial charge in [0, 0.05) is 18.4 Å². The van der Waals surface area contributed by atoms with Gasteiger partial charge in [0.25, 0.3) is 0 Å². The number of aromatic nitrogens is 1. The fourth-order valence-corrected chi connectivity index (χ4v) is 2.16. The van der Waals surface area contributed by atoms with Crippen LogP contribution in [0.25, 0.3) is 0 Å². The van der Waals surface area contributed by atoms with Crippen LogP contribution in [0.4, 0.5) is 0 Å². The van der Waals surface area contributed by atoms with E-state index in [1.54, 1.807) is 0 Å². The molecule has 1 aromatic rings. The summed E-state index contributed by atoms with van der Waals surface area (Å²) in [6, 6.07) is 4.80. The molecule has 14 heavy (non-hydrogen) atoms. The smallest absolute Gasteiger partial charge is 0.0320 e. The number of hydrogen-bond acceptors (Lipinski definition) is 2. The highest BCUT2D eigenvalue weighted by atomic mass is 15.2. The van der Waals surface area contributed by atoms with Gasteiger partial charge in [-0.15, -0.1) is 0 Å². The van der Waals surface area contributed by atoms with E-state index in [-0.39, 0.29) is 0 Å². The Hall–Kier alpha value is -0.890. The number of pyridine rings is 1. The number of likely N-dealkylation sites (tertiary alicyclic amines) is 1. The molecule has 1 atom stereocenters. The third-order valence-electron chi connectivity index (χ3n) is 3.13. The molecular formula is C12H18N2. The van der Waals surface area contributed by atoms with Crippen LogP contribution in [0, 0.1) is 0 Å². The first-order chi connectivity index (χ1) is 6.88. The van der Waals surface area contributed by atoms with Crippen molar-refractivity contribution in [2.24, 2.45) is 0 Å². The average molecular weight is 190 g/mol. The van der Waals surface area contributed by atoms with Crippen molar-refractivity contribution in [3.63, 3.8) is 0 Å². The molecule has 76 valence electrons. The fourth-order valence-electron chi connectivity index (χ4n) is 2.16. The molecule has 1 aromatic heterocycles. The standard InChI is InChI=1S/C12H18N2/c1-11(12-5-7-13-8-6-12)14-9-3-2-4-10-14/h5-8,11H,2-4,9-10H2,1H3. The molecule has 1 unspecified atom stereocenters. The van der Waals surface area contributed by atoms with Crippen molar-refractivity contribution in [1.29, 1.82) is 0 Å². The van der Waals surface area contributed by atoms with E-state index in [1.165, 1.54) is 37.9 Å². The van der Waals surface area contributed by atoms with Crippen molar-refractivity contribution >= 4 is 0 Å². The quantitative estimate of drug-likeness (QED) is 0.712. The van der Waals surface area contributed by atoms with E-state index < -0.39 is 0 Å². The zero-order valence-electron chi connectivity index (χ0n) is 8.82. The summed E-state index contributed by atoms with van der Waals surface area (Å²) in [7, 11) is 0. The van der Waals surface area contributed by atoms with Crippen LogP contribution < -0.4 is 0 Å². The summed E-state index contributed by atoms with van der Waals surface area (Å²) in [4.78, 5) is 6.62. The fraction of sp³-hybridized carbons (Fsp3) is 0.583. The second kappa shape index (κ2) is 4.56. The van der Waals surface area contributed by atoms with Crippen LogP contribution in [0.5, 0.6) is 0 Å². The lowest BCUT2D eigenvalue weighted by Crippen LogP contribution is -2.32. The summed E-state index contributed by atoms with van der Waals surface area (Å²) < 4.78 is 0. The summed E-state index contributed by atoms with van der Waals surface area (Å²) in [5, 5.41) is 0. The monoisotopic (exact) mass is 190 g/mol.